The average Bonchev–Trinajstić information content (AvgIpc) is 2.33. The van der Waals surface area contributed by atoms with Crippen LogP contribution in [-0.4, -0.2) is 16.1 Å². The van der Waals surface area contributed by atoms with Gasteiger partial charge in [-0.1, -0.05) is 0 Å². The van der Waals surface area contributed by atoms with Gasteiger partial charge in [0.05, 0.1) is 18.2 Å². The Bertz CT molecular complexity index is 285. The van der Waals surface area contributed by atoms with E-state index in [2.05, 4.69) is 4.98 Å². The highest BCUT2D eigenvalue weighted by Crippen LogP contribution is 2.14. The van der Waals surface area contributed by atoms with Gasteiger partial charge in [-0.05, 0) is 6.07 Å². The molecule has 0 saturated heterocycles. The van der Waals surface area contributed by atoms with Crippen LogP contribution in [0.2, 0.25) is 0 Å². The van der Waals surface area contributed by atoms with Gasteiger partial charge in [0.15, 0.2) is 0 Å². The Morgan fingerprint density at radius 1 is 1.83 bits per heavy atom. The molecule has 0 bridgehead atoms. The van der Waals surface area contributed by atoms with E-state index in [4.69, 9.17) is 10.8 Å². The van der Waals surface area contributed by atoms with Gasteiger partial charge in [0.2, 0.25) is 0 Å². The van der Waals surface area contributed by atoms with Gasteiger partial charge in [-0.3, -0.25) is 4.79 Å². The summed E-state index contributed by atoms with van der Waals surface area (Å²) in [5.41, 5.74) is 5.53. The monoisotopic (exact) mass is 172 g/mol. The molecular formula is C7H9FN2O2. The van der Waals surface area contributed by atoms with Crippen LogP contribution >= 0.6 is 0 Å². The molecule has 0 aromatic carbocycles. The van der Waals surface area contributed by atoms with Gasteiger partial charge in [-0.15, -0.1) is 0 Å². The van der Waals surface area contributed by atoms with Crippen molar-refractivity contribution in [3.8, 4) is 0 Å². The van der Waals surface area contributed by atoms with Crippen molar-refractivity contribution >= 4 is 5.97 Å². The lowest BCUT2D eigenvalue weighted by atomic mass is 10.1. The number of carboxylic acids is 1. The van der Waals surface area contributed by atoms with Crippen molar-refractivity contribution in [1.82, 2.24) is 4.98 Å². The quantitative estimate of drug-likeness (QED) is 0.625. The number of halogens is 1. The summed E-state index contributed by atoms with van der Waals surface area (Å²) in [6, 6.07) is 0.398. The predicted molar refractivity (Wildman–Crippen MR) is 39.9 cm³/mol. The fourth-order valence-electron chi connectivity index (χ4n) is 0.938. The molecule has 0 radical (unpaired) electrons. The van der Waals surface area contributed by atoms with Crippen LogP contribution in [0.15, 0.2) is 12.3 Å². The van der Waals surface area contributed by atoms with Crippen molar-refractivity contribution in [2.45, 2.75) is 12.5 Å². The summed E-state index contributed by atoms with van der Waals surface area (Å²) < 4.78 is 12.7. The van der Waals surface area contributed by atoms with E-state index in [1.54, 1.807) is 0 Å². The zero-order valence-corrected chi connectivity index (χ0v) is 6.25. The maximum absolute atomic E-state index is 12.7. The smallest absolute Gasteiger partial charge is 0.305 e. The molecule has 1 aromatic heterocycles. The van der Waals surface area contributed by atoms with Crippen molar-refractivity contribution in [3.05, 3.63) is 23.8 Å². The summed E-state index contributed by atoms with van der Waals surface area (Å²) in [4.78, 5) is 12.7. The zero-order valence-electron chi connectivity index (χ0n) is 6.25. The number of nitrogens with one attached hydrogen (secondary N) is 1. The summed E-state index contributed by atoms with van der Waals surface area (Å²) in [5.74, 6) is -1.54. The molecule has 0 aliphatic heterocycles. The zero-order chi connectivity index (χ0) is 9.14. The van der Waals surface area contributed by atoms with Gasteiger partial charge in [0.1, 0.15) is 5.82 Å². The van der Waals surface area contributed by atoms with Crippen molar-refractivity contribution < 1.29 is 14.3 Å². The normalized spacial score (nSPS) is 12.8. The largest absolute Gasteiger partial charge is 0.481 e. The predicted octanol–water partition coefficient (Wildman–Crippen LogP) is 0.628. The third-order valence-electron chi connectivity index (χ3n) is 1.49. The summed E-state index contributed by atoms with van der Waals surface area (Å²) in [5, 5.41) is 8.36. The number of carboxylic acid groups (broad SMARTS) is 1. The van der Waals surface area contributed by atoms with E-state index in [1.165, 1.54) is 12.3 Å². The van der Waals surface area contributed by atoms with Gasteiger partial charge in [0.25, 0.3) is 0 Å². The molecule has 0 spiro atoms. The third-order valence-corrected chi connectivity index (χ3v) is 1.49. The minimum Gasteiger partial charge on any atom is -0.481 e. The lowest BCUT2D eigenvalue weighted by molar-refractivity contribution is -0.137. The van der Waals surface area contributed by atoms with Crippen molar-refractivity contribution in [2.75, 3.05) is 0 Å². The molecule has 1 heterocycles. The number of nitrogens with two attached hydrogens (primary N) is 1. The molecule has 0 aliphatic carbocycles. The number of rotatable bonds is 3. The average molecular weight is 172 g/mol. The third kappa shape index (κ3) is 1.82. The standard InChI is InChI=1S/C7H9FN2O2/c8-4-1-2-10-7(4)5(9)3-6(11)12/h1-2,5,10H,3,9H2,(H,11,12)/t5-/m1/s1. The van der Waals surface area contributed by atoms with Crippen LogP contribution in [0.4, 0.5) is 4.39 Å². The summed E-state index contributed by atoms with van der Waals surface area (Å²) in [6.07, 6.45) is 1.10. The molecule has 1 rings (SSSR count). The molecule has 5 heteroatoms. The topological polar surface area (TPSA) is 79.1 Å². The molecule has 0 unspecified atom stereocenters. The van der Waals surface area contributed by atoms with Gasteiger partial charge in [-0.2, -0.15) is 0 Å². The van der Waals surface area contributed by atoms with Gasteiger partial charge < -0.3 is 15.8 Å². The molecule has 1 atom stereocenters. The van der Waals surface area contributed by atoms with Crippen LogP contribution in [0.1, 0.15) is 18.2 Å². The molecule has 0 fully saturated rings. The lowest BCUT2D eigenvalue weighted by Crippen LogP contribution is -2.16. The highest BCUT2D eigenvalue weighted by atomic mass is 19.1. The first-order chi connectivity index (χ1) is 5.61. The summed E-state index contributed by atoms with van der Waals surface area (Å²) >= 11 is 0. The van der Waals surface area contributed by atoms with Crippen LogP contribution in [0.25, 0.3) is 0 Å². The fraction of sp³-hybridized carbons (Fsp3) is 0.286. The van der Waals surface area contributed by atoms with E-state index in [1.807, 2.05) is 0 Å². The first-order valence-corrected chi connectivity index (χ1v) is 3.41. The Labute approximate surface area is 68.2 Å². The molecule has 4 N–H and O–H groups in total. The summed E-state index contributed by atoms with van der Waals surface area (Å²) in [6.45, 7) is 0. The molecule has 12 heavy (non-hydrogen) atoms. The Balaban J connectivity index is 2.71. The maximum atomic E-state index is 12.7. The molecule has 0 amide bonds. The van der Waals surface area contributed by atoms with Crippen molar-refractivity contribution in [3.63, 3.8) is 0 Å². The number of aromatic nitrogens is 1. The number of hydrogen-bond acceptors (Lipinski definition) is 2. The molecule has 0 aliphatic rings. The second kappa shape index (κ2) is 3.36. The van der Waals surface area contributed by atoms with E-state index >= 15 is 0 Å². The molecular weight excluding hydrogens is 163 g/mol. The van der Waals surface area contributed by atoms with Crippen LogP contribution in [-0.2, 0) is 4.79 Å². The van der Waals surface area contributed by atoms with Gasteiger partial charge in [-0.25, -0.2) is 4.39 Å². The van der Waals surface area contributed by atoms with Crippen molar-refractivity contribution in [2.24, 2.45) is 5.73 Å². The second-order valence-electron chi connectivity index (χ2n) is 2.44. The SMILES string of the molecule is N[C@H](CC(=O)O)c1[nH]ccc1F. The molecule has 1 aromatic rings. The first-order valence-electron chi connectivity index (χ1n) is 3.41. The number of aromatic amines is 1. The first kappa shape index (κ1) is 8.73. The second-order valence-corrected chi connectivity index (χ2v) is 2.44. The van der Waals surface area contributed by atoms with Crippen LogP contribution in [0, 0.1) is 5.82 Å². The van der Waals surface area contributed by atoms with Crippen LogP contribution < -0.4 is 5.73 Å². The number of carbonyl (C=O) groups is 1. The summed E-state index contributed by atoms with van der Waals surface area (Å²) in [7, 11) is 0. The Morgan fingerprint density at radius 3 is 2.92 bits per heavy atom. The van der Waals surface area contributed by atoms with E-state index in [9.17, 15) is 9.18 Å². The Kier molecular flexibility index (Phi) is 2.44. The minimum absolute atomic E-state index is 0.136. The van der Waals surface area contributed by atoms with Crippen molar-refractivity contribution in [1.29, 1.82) is 0 Å². The highest BCUT2D eigenvalue weighted by molar-refractivity contribution is 5.67. The molecule has 4 nitrogen and oxygen atoms in total. The lowest BCUT2D eigenvalue weighted by Gasteiger charge is -2.05. The van der Waals surface area contributed by atoms with E-state index in [0.29, 0.717) is 0 Å². The Hall–Kier alpha value is -1.36. The van der Waals surface area contributed by atoms with Gasteiger partial charge in [0, 0.05) is 6.20 Å². The van der Waals surface area contributed by atoms with Crippen LogP contribution in [0.5, 0.6) is 0 Å². The van der Waals surface area contributed by atoms with E-state index < -0.39 is 17.8 Å². The maximum Gasteiger partial charge on any atom is 0.305 e. The number of H-pyrrole nitrogens is 1. The fourth-order valence-corrected chi connectivity index (χ4v) is 0.938. The van der Waals surface area contributed by atoms with E-state index in [0.717, 1.165) is 0 Å². The number of aliphatic carboxylic acids is 1. The highest BCUT2D eigenvalue weighted by Gasteiger charge is 2.15. The minimum atomic E-state index is -1.04. The molecule has 0 saturated carbocycles. The van der Waals surface area contributed by atoms with E-state index in [-0.39, 0.29) is 12.1 Å². The number of hydrogen-bond donors (Lipinski definition) is 3. The van der Waals surface area contributed by atoms with Crippen LogP contribution in [0.3, 0.4) is 0 Å². The molecule has 66 valence electrons. The van der Waals surface area contributed by atoms with Gasteiger partial charge >= 0.3 is 5.97 Å². The Morgan fingerprint density at radius 2 is 2.50 bits per heavy atom.